The molecular formula is C14H21ClN2O2. The maximum Gasteiger partial charge on any atom is 0.337 e. The van der Waals surface area contributed by atoms with Crippen LogP contribution in [-0.2, 0) is 0 Å². The predicted octanol–water partition coefficient (Wildman–Crippen LogP) is 3.18. The molecule has 19 heavy (non-hydrogen) atoms. The highest BCUT2D eigenvalue weighted by molar-refractivity contribution is 6.33. The summed E-state index contributed by atoms with van der Waals surface area (Å²) in [4.78, 5) is 13.2. The molecule has 0 atom stereocenters. The summed E-state index contributed by atoms with van der Waals surface area (Å²) in [5.41, 5.74) is 0.982. The van der Waals surface area contributed by atoms with E-state index >= 15 is 0 Å². The van der Waals surface area contributed by atoms with Crippen LogP contribution in [0.4, 0.5) is 5.69 Å². The molecule has 0 saturated carbocycles. The minimum atomic E-state index is -1.00. The Balaban J connectivity index is 2.50. The van der Waals surface area contributed by atoms with Crippen LogP contribution >= 0.6 is 11.6 Å². The number of halogens is 1. The number of hydrogen-bond donors (Lipinski definition) is 2. The molecule has 0 bridgehead atoms. The number of benzene rings is 1. The Morgan fingerprint density at radius 1 is 1.37 bits per heavy atom. The molecule has 1 rings (SSSR count). The second-order valence-corrected chi connectivity index (χ2v) is 4.77. The zero-order valence-corrected chi connectivity index (χ0v) is 12.2. The SMILES string of the molecule is CCCN(CC)CCNc1ccc(C(=O)O)c(Cl)c1. The van der Waals surface area contributed by atoms with Crippen molar-refractivity contribution in [2.24, 2.45) is 0 Å². The van der Waals surface area contributed by atoms with E-state index in [2.05, 4.69) is 24.1 Å². The predicted molar refractivity (Wildman–Crippen MR) is 79.3 cm³/mol. The summed E-state index contributed by atoms with van der Waals surface area (Å²) < 4.78 is 0. The minimum absolute atomic E-state index is 0.133. The Labute approximate surface area is 119 Å². The summed E-state index contributed by atoms with van der Waals surface area (Å²) in [6.07, 6.45) is 1.15. The lowest BCUT2D eigenvalue weighted by Gasteiger charge is -2.20. The molecule has 0 aliphatic heterocycles. The van der Waals surface area contributed by atoms with Gasteiger partial charge in [-0.05, 0) is 37.7 Å². The van der Waals surface area contributed by atoms with Gasteiger partial charge in [0.05, 0.1) is 10.6 Å². The highest BCUT2D eigenvalue weighted by Gasteiger charge is 2.08. The third-order valence-electron chi connectivity index (χ3n) is 2.94. The molecule has 0 unspecified atom stereocenters. The first-order chi connectivity index (χ1) is 9.08. The van der Waals surface area contributed by atoms with E-state index in [0.717, 1.165) is 38.3 Å². The topological polar surface area (TPSA) is 52.6 Å². The van der Waals surface area contributed by atoms with Crippen molar-refractivity contribution in [3.63, 3.8) is 0 Å². The average molecular weight is 285 g/mol. The summed E-state index contributed by atoms with van der Waals surface area (Å²) in [6, 6.07) is 4.92. The van der Waals surface area contributed by atoms with Crippen LogP contribution in [0.5, 0.6) is 0 Å². The Kier molecular flexibility index (Phi) is 6.67. The second kappa shape index (κ2) is 8.02. The Hall–Kier alpha value is -1.26. The van der Waals surface area contributed by atoms with Crippen molar-refractivity contribution < 1.29 is 9.90 Å². The highest BCUT2D eigenvalue weighted by Crippen LogP contribution is 2.20. The van der Waals surface area contributed by atoms with Gasteiger partial charge in [0, 0.05) is 18.8 Å². The van der Waals surface area contributed by atoms with E-state index in [9.17, 15) is 4.79 Å². The van der Waals surface area contributed by atoms with Gasteiger partial charge in [-0.3, -0.25) is 0 Å². The summed E-state index contributed by atoms with van der Waals surface area (Å²) >= 11 is 5.91. The first-order valence-electron chi connectivity index (χ1n) is 6.57. The van der Waals surface area contributed by atoms with Crippen molar-refractivity contribution in [1.82, 2.24) is 4.90 Å². The molecule has 2 N–H and O–H groups in total. The number of aromatic carboxylic acids is 1. The number of likely N-dealkylation sites (N-methyl/N-ethyl adjacent to an activating group) is 1. The van der Waals surface area contributed by atoms with Crippen LogP contribution in [0.3, 0.4) is 0 Å². The standard InChI is InChI=1S/C14H21ClN2O2/c1-3-8-17(4-2)9-7-16-11-5-6-12(14(18)19)13(15)10-11/h5-6,10,16H,3-4,7-9H2,1-2H3,(H,18,19). The molecule has 0 fully saturated rings. The van der Waals surface area contributed by atoms with Crippen molar-refractivity contribution in [2.75, 3.05) is 31.5 Å². The van der Waals surface area contributed by atoms with Gasteiger partial charge in [0.15, 0.2) is 0 Å². The fourth-order valence-corrected chi connectivity index (χ4v) is 2.16. The third kappa shape index (κ3) is 5.09. The molecule has 0 spiro atoms. The molecule has 0 radical (unpaired) electrons. The molecule has 106 valence electrons. The third-order valence-corrected chi connectivity index (χ3v) is 3.26. The molecule has 0 aliphatic rings. The number of carbonyl (C=O) groups is 1. The number of anilines is 1. The van der Waals surface area contributed by atoms with Gasteiger partial charge in [-0.15, -0.1) is 0 Å². The monoisotopic (exact) mass is 284 g/mol. The van der Waals surface area contributed by atoms with E-state index in [1.165, 1.54) is 6.07 Å². The van der Waals surface area contributed by atoms with Gasteiger partial charge in [-0.1, -0.05) is 25.4 Å². The summed E-state index contributed by atoms with van der Waals surface area (Å²) in [7, 11) is 0. The van der Waals surface area contributed by atoms with Crippen LogP contribution in [0.15, 0.2) is 18.2 Å². The van der Waals surface area contributed by atoms with Crippen LogP contribution in [0.1, 0.15) is 30.6 Å². The normalized spacial score (nSPS) is 10.7. The quantitative estimate of drug-likeness (QED) is 0.770. The lowest BCUT2D eigenvalue weighted by molar-refractivity contribution is 0.0697. The Morgan fingerprint density at radius 3 is 2.63 bits per heavy atom. The zero-order chi connectivity index (χ0) is 14.3. The van der Waals surface area contributed by atoms with Crippen LogP contribution in [0.25, 0.3) is 0 Å². The van der Waals surface area contributed by atoms with E-state index < -0.39 is 5.97 Å². The number of rotatable bonds is 8. The maximum absolute atomic E-state index is 10.8. The van der Waals surface area contributed by atoms with Crippen LogP contribution in [-0.4, -0.2) is 42.2 Å². The van der Waals surface area contributed by atoms with Gasteiger partial charge in [0.1, 0.15) is 0 Å². The molecule has 1 aromatic rings. The van der Waals surface area contributed by atoms with E-state index in [1.54, 1.807) is 12.1 Å². The van der Waals surface area contributed by atoms with Gasteiger partial charge >= 0.3 is 5.97 Å². The fraction of sp³-hybridized carbons (Fsp3) is 0.500. The molecule has 5 heteroatoms. The van der Waals surface area contributed by atoms with Gasteiger partial charge in [-0.2, -0.15) is 0 Å². The van der Waals surface area contributed by atoms with Crippen LogP contribution in [0, 0.1) is 0 Å². The van der Waals surface area contributed by atoms with Crippen molar-refractivity contribution in [3.05, 3.63) is 28.8 Å². The van der Waals surface area contributed by atoms with Crippen LogP contribution in [0.2, 0.25) is 5.02 Å². The second-order valence-electron chi connectivity index (χ2n) is 4.36. The average Bonchev–Trinajstić information content (AvgIpc) is 2.37. The maximum atomic E-state index is 10.8. The molecular weight excluding hydrogens is 264 g/mol. The smallest absolute Gasteiger partial charge is 0.337 e. The number of carboxylic acid groups (broad SMARTS) is 1. The van der Waals surface area contributed by atoms with E-state index in [-0.39, 0.29) is 10.6 Å². The minimum Gasteiger partial charge on any atom is -0.478 e. The summed E-state index contributed by atoms with van der Waals surface area (Å²) in [6.45, 7) is 8.22. The number of hydrogen-bond acceptors (Lipinski definition) is 3. The van der Waals surface area contributed by atoms with Crippen molar-refractivity contribution in [2.45, 2.75) is 20.3 Å². The molecule has 1 aromatic carbocycles. The van der Waals surface area contributed by atoms with Gasteiger partial charge < -0.3 is 15.3 Å². The van der Waals surface area contributed by atoms with E-state index in [1.807, 2.05) is 0 Å². The molecule has 0 aliphatic carbocycles. The summed E-state index contributed by atoms with van der Waals surface area (Å²) in [5.74, 6) is -1.00. The number of nitrogens with one attached hydrogen (secondary N) is 1. The van der Waals surface area contributed by atoms with Crippen LogP contribution < -0.4 is 5.32 Å². The molecule has 0 aromatic heterocycles. The largest absolute Gasteiger partial charge is 0.478 e. The Bertz CT molecular complexity index is 424. The lowest BCUT2D eigenvalue weighted by atomic mass is 10.2. The number of carboxylic acids is 1. The van der Waals surface area contributed by atoms with E-state index in [0.29, 0.717) is 0 Å². The van der Waals surface area contributed by atoms with Crippen molar-refractivity contribution >= 4 is 23.3 Å². The van der Waals surface area contributed by atoms with Crippen molar-refractivity contribution in [3.8, 4) is 0 Å². The van der Waals surface area contributed by atoms with E-state index in [4.69, 9.17) is 16.7 Å². The van der Waals surface area contributed by atoms with Crippen molar-refractivity contribution in [1.29, 1.82) is 0 Å². The van der Waals surface area contributed by atoms with Gasteiger partial charge in [0.25, 0.3) is 0 Å². The molecule has 0 heterocycles. The number of nitrogens with zero attached hydrogens (tertiary/aromatic N) is 1. The molecule has 0 saturated heterocycles. The molecule has 4 nitrogen and oxygen atoms in total. The van der Waals surface area contributed by atoms with Gasteiger partial charge in [-0.25, -0.2) is 4.79 Å². The highest BCUT2D eigenvalue weighted by atomic mass is 35.5. The first kappa shape index (κ1) is 15.8. The Morgan fingerprint density at radius 2 is 2.11 bits per heavy atom. The zero-order valence-electron chi connectivity index (χ0n) is 11.4. The lowest BCUT2D eigenvalue weighted by Crippen LogP contribution is -2.29. The first-order valence-corrected chi connectivity index (χ1v) is 6.95. The molecule has 0 amide bonds. The fourth-order valence-electron chi connectivity index (χ4n) is 1.90. The van der Waals surface area contributed by atoms with Gasteiger partial charge in [0.2, 0.25) is 0 Å². The summed E-state index contributed by atoms with van der Waals surface area (Å²) in [5, 5.41) is 12.4.